The second-order valence-corrected chi connectivity index (χ2v) is 5.81. The third kappa shape index (κ3) is 4.56. The molecule has 1 rings (SSSR count). The molecule has 1 aromatic carbocycles. The van der Waals surface area contributed by atoms with Crippen molar-refractivity contribution in [2.75, 3.05) is 0 Å². The summed E-state index contributed by atoms with van der Waals surface area (Å²) in [6.45, 7) is 0.917. The molecule has 14 heteroatoms. The van der Waals surface area contributed by atoms with Crippen LogP contribution >= 0.6 is 0 Å². The Labute approximate surface area is 155 Å². The summed E-state index contributed by atoms with van der Waals surface area (Å²) in [5.41, 5.74) is -0.690. The van der Waals surface area contributed by atoms with Gasteiger partial charge in [0.2, 0.25) is 0 Å². The summed E-state index contributed by atoms with van der Waals surface area (Å²) in [5, 5.41) is 9.60. The molecule has 0 spiro atoms. The number of rotatable bonds is 7. The van der Waals surface area contributed by atoms with Gasteiger partial charge in [-0.2, -0.15) is 48.3 Å². The number of hydrogen-bond acceptors (Lipinski definition) is 3. The van der Waals surface area contributed by atoms with Crippen LogP contribution in [0.2, 0.25) is 0 Å². The van der Waals surface area contributed by atoms with Crippen molar-refractivity contribution < 1.29 is 62.9 Å². The monoisotopic (exact) mass is 448 g/mol. The van der Waals surface area contributed by atoms with Crippen molar-refractivity contribution in [3.8, 4) is 5.75 Å². The Bertz CT molecular complexity index is 743. The number of aliphatic hydroxyl groups is 1. The first-order valence-electron chi connectivity index (χ1n) is 7.32. The van der Waals surface area contributed by atoms with E-state index in [4.69, 9.17) is 0 Å². The normalized spacial score (nSPS) is 15.2. The first kappa shape index (κ1) is 24.9. The van der Waals surface area contributed by atoms with Crippen molar-refractivity contribution in [2.24, 2.45) is 0 Å². The number of esters is 1. The summed E-state index contributed by atoms with van der Waals surface area (Å²) in [6.07, 6.45) is -12.6. The molecule has 0 saturated heterocycles. The van der Waals surface area contributed by atoms with Crippen molar-refractivity contribution in [1.82, 2.24) is 0 Å². The molecule has 0 aliphatic rings. The maximum Gasteiger partial charge on any atom is 0.460 e. The molecule has 0 fully saturated rings. The van der Waals surface area contributed by atoms with Gasteiger partial charge in [0.25, 0.3) is 0 Å². The number of carbonyl (C=O) groups is 1. The number of hydrogen-bond donors (Lipinski definition) is 1. The van der Waals surface area contributed by atoms with Gasteiger partial charge in [-0.25, -0.2) is 0 Å². The molecule has 29 heavy (non-hydrogen) atoms. The Morgan fingerprint density at radius 1 is 0.931 bits per heavy atom. The fourth-order valence-electron chi connectivity index (χ4n) is 2.05. The van der Waals surface area contributed by atoms with E-state index < -0.39 is 53.9 Å². The van der Waals surface area contributed by atoms with Crippen molar-refractivity contribution >= 4 is 5.97 Å². The Morgan fingerprint density at radius 2 is 1.45 bits per heavy atom. The Morgan fingerprint density at radius 3 is 1.90 bits per heavy atom. The number of aliphatic hydroxyl groups excluding tert-OH is 1. The molecule has 1 unspecified atom stereocenters. The molecule has 1 N–H and O–H groups in total. The molecule has 3 nitrogen and oxygen atoms in total. The maximum absolute atomic E-state index is 13.7. The highest BCUT2D eigenvalue weighted by atomic mass is 19.4. The van der Waals surface area contributed by atoms with Crippen molar-refractivity contribution in [2.45, 2.75) is 49.3 Å². The van der Waals surface area contributed by atoms with Gasteiger partial charge in [-0.05, 0) is 17.7 Å². The fraction of sp³-hybridized carbons (Fsp3) is 0.533. The highest BCUT2D eigenvalue weighted by Crippen LogP contribution is 2.58. The van der Waals surface area contributed by atoms with Crippen LogP contribution < -0.4 is 4.74 Å². The van der Waals surface area contributed by atoms with E-state index in [-0.39, 0.29) is 5.75 Å². The highest BCUT2D eigenvalue weighted by Gasteiger charge is 2.87. The van der Waals surface area contributed by atoms with E-state index in [1.54, 1.807) is 0 Å². The summed E-state index contributed by atoms with van der Waals surface area (Å²) in [6, 6.07) is 3.50. The van der Waals surface area contributed by atoms with Gasteiger partial charge in [0, 0.05) is 13.3 Å². The average molecular weight is 448 g/mol. The quantitative estimate of drug-likeness (QED) is 0.357. The minimum absolute atomic E-state index is 0.377. The first-order chi connectivity index (χ1) is 12.8. The molecular formula is C15H11F11O3. The predicted octanol–water partition coefficient (Wildman–Crippen LogP) is 5.14. The van der Waals surface area contributed by atoms with Gasteiger partial charge in [0.15, 0.2) is 0 Å². The van der Waals surface area contributed by atoms with Crippen LogP contribution in [0.5, 0.6) is 5.75 Å². The predicted molar refractivity (Wildman–Crippen MR) is 73.2 cm³/mol. The van der Waals surface area contributed by atoms with Gasteiger partial charge in [-0.3, -0.25) is 4.79 Å². The van der Waals surface area contributed by atoms with E-state index in [1.165, 1.54) is 0 Å². The van der Waals surface area contributed by atoms with Gasteiger partial charge < -0.3 is 9.84 Å². The lowest BCUT2D eigenvalue weighted by molar-refractivity contribution is -0.423. The molecule has 0 aliphatic carbocycles. The largest absolute Gasteiger partial charge is 0.460 e. The SMILES string of the molecule is CC(=O)Oc1cccc(C(O)CC(F)(F)C(F)(F)C(F)(F)C(F)(F)C(F)(F)F)c1. The third-order valence-corrected chi connectivity index (χ3v) is 3.56. The summed E-state index contributed by atoms with van der Waals surface area (Å²) >= 11 is 0. The van der Waals surface area contributed by atoms with Gasteiger partial charge in [-0.1, -0.05) is 12.1 Å². The zero-order chi connectivity index (χ0) is 23.1. The molecule has 0 aliphatic heterocycles. The van der Waals surface area contributed by atoms with Crippen molar-refractivity contribution in [3.63, 3.8) is 0 Å². The number of carbonyl (C=O) groups excluding carboxylic acids is 1. The zero-order valence-electron chi connectivity index (χ0n) is 14.0. The lowest BCUT2D eigenvalue weighted by Gasteiger charge is -2.37. The molecule has 1 aromatic rings. The van der Waals surface area contributed by atoms with Crippen LogP contribution in [0, 0.1) is 0 Å². The summed E-state index contributed by atoms with van der Waals surface area (Å²) in [4.78, 5) is 10.8. The third-order valence-electron chi connectivity index (χ3n) is 3.56. The molecule has 0 radical (unpaired) electrons. The van der Waals surface area contributed by atoms with Gasteiger partial charge in [-0.15, -0.1) is 0 Å². The van der Waals surface area contributed by atoms with Crippen molar-refractivity contribution in [3.05, 3.63) is 29.8 Å². The van der Waals surface area contributed by atoms with E-state index >= 15 is 0 Å². The van der Waals surface area contributed by atoms with E-state index in [0.29, 0.717) is 6.07 Å². The van der Waals surface area contributed by atoms with Crippen LogP contribution in [0.1, 0.15) is 25.0 Å². The standard InChI is InChI=1S/C15H11F11O3/c1-7(27)29-9-4-2-3-8(5-9)10(28)6-11(16,17)12(18,19)13(20,21)14(22,23)15(24,25)26/h2-5,10,28H,6H2,1H3. The average Bonchev–Trinajstić information content (AvgIpc) is 2.52. The van der Waals surface area contributed by atoms with E-state index in [9.17, 15) is 58.2 Å². The molecule has 166 valence electrons. The van der Waals surface area contributed by atoms with Crippen molar-refractivity contribution in [1.29, 1.82) is 0 Å². The Kier molecular flexibility index (Phi) is 6.54. The van der Waals surface area contributed by atoms with Crippen LogP contribution in [-0.2, 0) is 4.79 Å². The second kappa shape index (κ2) is 7.61. The number of ether oxygens (including phenoxy) is 1. The topological polar surface area (TPSA) is 46.5 Å². The lowest BCUT2D eigenvalue weighted by atomic mass is 9.92. The zero-order valence-corrected chi connectivity index (χ0v) is 14.0. The van der Waals surface area contributed by atoms with Crippen LogP contribution in [0.4, 0.5) is 48.3 Å². The van der Waals surface area contributed by atoms with Crippen LogP contribution in [-0.4, -0.2) is 40.9 Å². The Balaban J connectivity index is 3.22. The molecule has 0 bridgehead atoms. The van der Waals surface area contributed by atoms with Gasteiger partial charge in [0.05, 0.1) is 6.10 Å². The molecule has 1 atom stereocenters. The smallest absolute Gasteiger partial charge is 0.427 e. The number of benzene rings is 1. The summed E-state index contributed by atoms with van der Waals surface area (Å²) in [7, 11) is 0. The van der Waals surface area contributed by atoms with Gasteiger partial charge >= 0.3 is 35.8 Å². The molecule has 0 aromatic heterocycles. The molecule has 0 amide bonds. The number of halogens is 11. The second-order valence-electron chi connectivity index (χ2n) is 5.81. The molecular weight excluding hydrogens is 437 g/mol. The van der Waals surface area contributed by atoms with Crippen LogP contribution in [0.25, 0.3) is 0 Å². The summed E-state index contributed by atoms with van der Waals surface area (Å²) < 4.78 is 147. The number of alkyl halides is 11. The fourth-order valence-corrected chi connectivity index (χ4v) is 2.05. The molecule has 0 saturated carbocycles. The first-order valence-corrected chi connectivity index (χ1v) is 7.32. The maximum atomic E-state index is 13.7. The van der Waals surface area contributed by atoms with E-state index in [2.05, 4.69) is 4.74 Å². The van der Waals surface area contributed by atoms with Gasteiger partial charge in [0.1, 0.15) is 5.75 Å². The van der Waals surface area contributed by atoms with E-state index in [1.807, 2.05) is 0 Å². The summed E-state index contributed by atoms with van der Waals surface area (Å²) in [5.74, 6) is -29.7. The van der Waals surface area contributed by atoms with Crippen LogP contribution in [0.3, 0.4) is 0 Å². The minimum atomic E-state index is -7.54. The highest BCUT2D eigenvalue weighted by molar-refractivity contribution is 5.69. The Hall–Kier alpha value is -2.12. The minimum Gasteiger partial charge on any atom is -0.427 e. The van der Waals surface area contributed by atoms with E-state index in [0.717, 1.165) is 25.1 Å². The van der Waals surface area contributed by atoms with Crippen LogP contribution in [0.15, 0.2) is 24.3 Å². The lowest BCUT2D eigenvalue weighted by Crippen LogP contribution is -2.66. The molecule has 0 heterocycles.